The van der Waals surface area contributed by atoms with Gasteiger partial charge in [-0.2, -0.15) is 0 Å². The Morgan fingerprint density at radius 1 is 1.08 bits per heavy atom. The van der Waals surface area contributed by atoms with Crippen LogP contribution in [0.3, 0.4) is 0 Å². The summed E-state index contributed by atoms with van der Waals surface area (Å²) in [7, 11) is 2.72. The highest BCUT2D eigenvalue weighted by Gasteiger charge is 2.13. The fourth-order valence-electron chi connectivity index (χ4n) is 1.81. The van der Waals surface area contributed by atoms with Crippen molar-refractivity contribution in [3.8, 4) is 5.75 Å². The van der Waals surface area contributed by atoms with Gasteiger partial charge in [-0.05, 0) is 31.1 Å². The molecule has 0 atom stereocenters. The van der Waals surface area contributed by atoms with Crippen LogP contribution in [-0.4, -0.2) is 20.2 Å². The first-order chi connectivity index (χ1) is 12.2. The number of benzene rings is 1. The second kappa shape index (κ2) is 10.4. The first-order valence-corrected chi connectivity index (χ1v) is 8.54. The van der Waals surface area contributed by atoms with E-state index in [1.807, 2.05) is 0 Å². The first-order valence-electron chi connectivity index (χ1n) is 7.41. The lowest BCUT2D eigenvalue weighted by Crippen LogP contribution is -1.94. The number of halogens is 4. The maximum absolute atomic E-state index is 14.2. The van der Waals surface area contributed by atoms with Crippen LogP contribution in [0, 0.1) is 0 Å². The van der Waals surface area contributed by atoms with Crippen molar-refractivity contribution >= 4 is 46.8 Å². The average Bonchev–Trinajstić information content (AvgIpc) is 2.61. The van der Waals surface area contributed by atoms with Gasteiger partial charge in [0.2, 0.25) is 0 Å². The molecule has 1 rings (SSSR count). The van der Waals surface area contributed by atoms with E-state index in [0.717, 1.165) is 0 Å². The van der Waals surface area contributed by atoms with Crippen LogP contribution >= 0.6 is 34.8 Å². The molecule has 26 heavy (non-hydrogen) atoms. The van der Waals surface area contributed by atoms with E-state index in [1.165, 1.54) is 44.6 Å². The topological polar surface area (TPSA) is 35.5 Å². The van der Waals surface area contributed by atoms with Crippen molar-refractivity contribution < 1.29 is 18.7 Å². The van der Waals surface area contributed by atoms with Gasteiger partial charge in [-0.25, -0.2) is 9.18 Å². The number of methoxy groups -OCH3 is 2. The van der Waals surface area contributed by atoms with Crippen molar-refractivity contribution in [2.45, 2.75) is 13.8 Å². The Kier molecular flexibility index (Phi) is 8.93. The highest BCUT2D eigenvalue weighted by Crippen LogP contribution is 2.39. The maximum atomic E-state index is 14.2. The first kappa shape index (κ1) is 22.3. The molecule has 140 valence electrons. The van der Waals surface area contributed by atoms with Crippen LogP contribution in [0.4, 0.5) is 4.39 Å². The lowest BCUT2D eigenvalue weighted by atomic mass is 10.1. The molecular formula is C19H18Cl3FO3. The van der Waals surface area contributed by atoms with Gasteiger partial charge in [0.1, 0.15) is 16.6 Å². The molecule has 0 amide bonds. The molecule has 0 saturated heterocycles. The molecule has 1 aromatic rings. The van der Waals surface area contributed by atoms with Crippen LogP contribution in [0.1, 0.15) is 19.4 Å². The van der Waals surface area contributed by atoms with Gasteiger partial charge < -0.3 is 9.47 Å². The molecule has 0 aromatic heterocycles. The van der Waals surface area contributed by atoms with Crippen LogP contribution in [-0.2, 0) is 9.53 Å². The monoisotopic (exact) mass is 418 g/mol. The molecule has 0 radical (unpaired) electrons. The van der Waals surface area contributed by atoms with E-state index in [4.69, 9.17) is 39.5 Å². The number of ether oxygens (including phenoxy) is 2. The Labute approximate surface area is 167 Å². The summed E-state index contributed by atoms with van der Waals surface area (Å²) in [5.74, 6) is -0.632. The normalized spacial score (nSPS) is 13.3. The minimum atomic E-state index is -0.506. The maximum Gasteiger partial charge on any atom is 0.330 e. The van der Waals surface area contributed by atoms with Crippen molar-refractivity contribution in [3.05, 3.63) is 68.0 Å². The second-order valence-electron chi connectivity index (χ2n) is 5.21. The van der Waals surface area contributed by atoms with Crippen molar-refractivity contribution in [2.75, 3.05) is 14.2 Å². The summed E-state index contributed by atoms with van der Waals surface area (Å²) in [6, 6.07) is 1.53. The molecule has 0 spiro atoms. The SMILES string of the molecule is COC(=O)C=C(C)C=CC(F)=C(C)C=Cc1c(Cl)cc(OC)c(Cl)c1Cl. The van der Waals surface area contributed by atoms with Gasteiger partial charge in [0.15, 0.2) is 0 Å². The van der Waals surface area contributed by atoms with Crippen molar-refractivity contribution in [3.63, 3.8) is 0 Å². The molecular weight excluding hydrogens is 402 g/mol. The zero-order chi connectivity index (χ0) is 19.9. The van der Waals surface area contributed by atoms with Gasteiger partial charge in [-0.3, -0.25) is 0 Å². The van der Waals surface area contributed by atoms with E-state index >= 15 is 0 Å². The van der Waals surface area contributed by atoms with Crippen molar-refractivity contribution in [1.82, 2.24) is 0 Å². The van der Waals surface area contributed by atoms with Gasteiger partial charge in [-0.15, -0.1) is 0 Å². The Morgan fingerprint density at radius 2 is 1.73 bits per heavy atom. The number of carbonyl (C=O) groups excluding carboxylic acids is 1. The van der Waals surface area contributed by atoms with Crippen LogP contribution in [0.25, 0.3) is 6.08 Å². The van der Waals surface area contributed by atoms with E-state index < -0.39 is 11.8 Å². The third kappa shape index (κ3) is 6.20. The van der Waals surface area contributed by atoms with E-state index in [9.17, 15) is 9.18 Å². The molecule has 0 N–H and O–H groups in total. The molecule has 0 saturated carbocycles. The van der Waals surface area contributed by atoms with Gasteiger partial charge in [0.25, 0.3) is 0 Å². The predicted molar refractivity (Wildman–Crippen MR) is 106 cm³/mol. The summed E-state index contributed by atoms with van der Waals surface area (Å²) in [4.78, 5) is 11.1. The number of hydrogen-bond acceptors (Lipinski definition) is 3. The fourth-order valence-corrected chi connectivity index (χ4v) is 2.60. The number of carbonyl (C=O) groups is 1. The van der Waals surface area contributed by atoms with Crippen LogP contribution < -0.4 is 4.74 Å². The smallest absolute Gasteiger partial charge is 0.330 e. The number of esters is 1. The molecule has 0 aliphatic heterocycles. The number of hydrogen-bond donors (Lipinski definition) is 0. The summed E-state index contributed by atoms with van der Waals surface area (Å²) in [6.07, 6.45) is 7.06. The highest BCUT2D eigenvalue weighted by molar-refractivity contribution is 6.45. The third-order valence-electron chi connectivity index (χ3n) is 3.30. The Morgan fingerprint density at radius 3 is 2.31 bits per heavy atom. The van der Waals surface area contributed by atoms with Crippen LogP contribution in [0.15, 0.2) is 47.3 Å². The van der Waals surface area contributed by atoms with Gasteiger partial charge in [-0.1, -0.05) is 53.0 Å². The Hall–Kier alpha value is -1.75. The van der Waals surface area contributed by atoms with E-state index in [-0.39, 0.29) is 10.0 Å². The van der Waals surface area contributed by atoms with Crippen LogP contribution in [0.5, 0.6) is 5.75 Å². The summed E-state index contributed by atoms with van der Waals surface area (Å²) in [6.45, 7) is 3.24. The minimum absolute atomic E-state index is 0.216. The quantitative estimate of drug-likeness (QED) is 0.226. The molecule has 0 bridgehead atoms. The lowest BCUT2D eigenvalue weighted by molar-refractivity contribution is -0.134. The average molecular weight is 420 g/mol. The molecule has 0 fully saturated rings. The number of rotatable bonds is 6. The zero-order valence-electron chi connectivity index (χ0n) is 14.7. The lowest BCUT2D eigenvalue weighted by Gasteiger charge is -2.09. The number of allylic oxidation sites excluding steroid dienone is 6. The van der Waals surface area contributed by atoms with E-state index in [1.54, 1.807) is 19.9 Å². The summed E-state index contributed by atoms with van der Waals surface area (Å²) >= 11 is 18.4. The van der Waals surface area contributed by atoms with Crippen molar-refractivity contribution in [2.24, 2.45) is 0 Å². The molecule has 7 heteroatoms. The standard InChI is InChI=1S/C19H18Cl3FO3/c1-11(9-17(24)26-4)5-8-15(23)12(2)6-7-13-14(20)10-16(25-3)19(22)18(13)21/h5-10H,1-4H3. The highest BCUT2D eigenvalue weighted by atomic mass is 35.5. The summed E-state index contributed by atoms with van der Waals surface area (Å²) in [5, 5.41) is 0.768. The largest absolute Gasteiger partial charge is 0.495 e. The zero-order valence-corrected chi connectivity index (χ0v) is 17.0. The minimum Gasteiger partial charge on any atom is -0.495 e. The molecule has 1 aromatic carbocycles. The predicted octanol–water partition coefficient (Wildman–Crippen LogP) is 6.59. The van der Waals surface area contributed by atoms with Crippen molar-refractivity contribution in [1.29, 1.82) is 0 Å². The van der Waals surface area contributed by atoms with E-state index in [0.29, 0.717) is 27.5 Å². The second-order valence-corrected chi connectivity index (χ2v) is 6.37. The molecule has 3 nitrogen and oxygen atoms in total. The van der Waals surface area contributed by atoms with Gasteiger partial charge in [0.05, 0.1) is 24.3 Å². The summed E-state index contributed by atoms with van der Waals surface area (Å²) in [5.41, 5.74) is 1.35. The molecule has 0 aliphatic rings. The van der Waals surface area contributed by atoms with Crippen LogP contribution in [0.2, 0.25) is 15.1 Å². The van der Waals surface area contributed by atoms with E-state index in [2.05, 4.69) is 4.74 Å². The summed E-state index contributed by atoms with van der Waals surface area (Å²) < 4.78 is 23.7. The van der Waals surface area contributed by atoms with Gasteiger partial charge in [0, 0.05) is 17.7 Å². The Balaban J connectivity index is 3.07. The fraction of sp³-hybridized carbons (Fsp3) is 0.211. The van der Waals surface area contributed by atoms with Gasteiger partial charge >= 0.3 is 5.97 Å². The molecule has 0 unspecified atom stereocenters. The third-order valence-corrected chi connectivity index (χ3v) is 4.47. The Bertz CT molecular complexity index is 809. The molecule has 0 aliphatic carbocycles. The molecule has 0 heterocycles.